The summed E-state index contributed by atoms with van der Waals surface area (Å²) in [5, 5.41) is 0. The molecule has 2 rings (SSSR count). The fourth-order valence-corrected chi connectivity index (χ4v) is 0.963. The second kappa shape index (κ2) is 0.848. The topological polar surface area (TPSA) is 9.23 Å². The molecule has 0 aromatic rings. The molecule has 2 heteroatoms. The van der Waals surface area contributed by atoms with Crippen LogP contribution in [0.1, 0.15) is 12.8 Å². The molecule has 1 aliphatic carbocycles. The van der Waals surface area contributed by atoms with E-state index in [0.29, 0.717) is 6.61 Å². The summed E-state index contributed by atoms with van der Waals surface area (Å²) < 4.78 is 17.2. The first-order valence-electron chi connectivity index (χ1n) is 2.62. The maximum atomic E-state index is 12.2. The first kappa shape index (κ1) is 3.84. The highest BCUT2D eigenvalue weighted by molar-refractivity contribution is 5.07. The maximum absolute atomic E-state index is 12.2. The van der Waals surface area contributed by atoms with Gasteiger partial charge in [-0.05, 0) is 12.8 Å². The van der Waals surface area contributed by atoms with E-state index in [1.165, 1.54) is 0 Å². The third-order valence-electron chi connectivity index (χ3n) is 1.83. The summed E-state index contributed by atoms with van der Waals surface area (Å²) >= 11 is 0. The van der Waals surface area contributed by atoms with E-state index < -0.39 is 6.17 Å². The van der Waals surface area contributed by atoms with E-state index in [1.807, 2.05) is 0 Å². The molecule has 0 amide bonds. The lowest BCUT2D eigenvalue weighted by molar-refractivity contribution is -0.146. The van der Waals surface area contributed by atoms with Gasteiger partial charge in [0.2, 0.25) is 0 Å². The molecule has 2 fully saturated rings. The molecule has 1 nitrogen and oxygen atoms in total. The lowest BCUT2D eigenvalue weighted by atomic mass is 10.1. The number of halogens is 1. The Morgan fingerprint density at radius 3 is 2.29 bits per heavy atom. The summed E-state index contributed by atoms with van der Waals surface area (Å²) in [7, 11) is 0. The first-order chi connectivity index (χ1) is 3.33. The fourth-order valence-electron chi connectivity index (χ4n) is 0.963. The Labute approximate surface area is 41.5 Å². The third-order valence-corrected chi connectivity index (χ3v) is 1.83. The SMILES string of the molecule is FC1COC12CC2. The highest BCUT2D eigenvalue weighted by atomic mass is 19.1. The van der Waals surface area contributed by atoms with E-state index in [1.54, 1.807) is 0 Å². The van der Waals surface area contributed by atoms with Crippen LogP contribution in [0, 0.1) is 0 Å². The third kappa shape index (κ3) is 0.312. The standard InChI is InChI=1S/C5H7FO/c6-4-3-7-5(4)1-2-5/h4H,1-3H2. The Hall–Kier alpha value is -0.110. The molecular weight excluding hydrogens is 95.1 g/mol. The molecule has 0 aromatic carbocycles. The summed E-state index contributed by atoms with van der Waals surface area (Å²) in [6.45, 7) is 0.347. The monoisotopic (exact) mass is 102 g/mol. The van der Waals surface area contributed by atoms with Gasteiger partial charge in [0.15, 0.2) is 6.17 Å². The second-order valence-electron chi connectivity index (χ2n) is 2.34. The Morgan fingerprint density at radius 2 is 2.29 bits per heavy atom. The average molecular weight is 102 g/mol. The largest absolute Gasteiger partial charge is 0.369 e. The molecule has 0 radical (unpaired) electrons. The summed E-state index contributed by atoms with van der Waals surface area (Å²) in [5.41, 5.74) is -0.236. The van der Waals surface area contributed by atoms with Crippen molar-refractivity contribution >= 4 is 0 Å². The molecular formula is C5H7FO. The van der Waals surface area contributed by atoms with Gasteiger partial charge >= 0.3 is 0 Å². The molecule has 0 bridgehead atoms. The molecule has 1 spiro atoms. The van der Waals surface area contributed by atoms with Crippen LogP contribution in [-0.2, 0) is 4.74 Å². The van der Waals surface area contributed by atoms with Crippen molar-refractivity contribution in [1.29, 1.82) is 0 Å². The zero-order valence-electron chi connectivity index (χ0n) is 3.98. The number of alkyl halides is 1. The smallest absolute Gasteiger partial charge is 0.152 e. The summed E-state index contributed by atoms with van der Waals surface area (Å²) in [6.07, 6.45) is 1.27. The van der Waals surface area contributed by atoms with Crippen LogP contribution in [0.2, 0.25) is 0 Å². The minimum atomic E-state index is -0.632. The van der Waals surface area contributed by atoms with Crippen LogP contribution in [0.4, 0.5) is 4.39 Å². The molecule has 1 unspecified atom stereocenters. The van der Waals surface area contributed by atoms with Crippen molar-refractivity contribution in [3.8, 4) is 0 Å². The highest BCUT2D eigenvalue weighted by Crippen LogP contribution is 2.50. The van der Waals surface area contributed by atoms with Crippen molar-refractivity contribution in [3.63, 3.8) is 0 Å². The van der Waals surface area contributed by atoms with E-state index in [9.17, 15) is 4.39 Å². The maximum Gasteiger partial charge on any atom is 0.152 e. The van der Waals surface area contributed by atoms with Gasteiger partial charge in [-0.3, -0.25) is 0 Å². The molecule has 40 valence electrons. The molecule has 0 N–H and O–H groups in total. The molecule has 7 heavy (non-hydrogen) atoms. The molecule has 1 saturated heterocycles. The second-order valence-corrected chi connectivity index (χ2v) is 2.34. The Morgan fingerprint density at radius 1 is 1.57 bits per heavy atom. The number of hydrogen-bond acceptors (Lipinski definition) is 1. The van der Waals surface area contributed by atoms with Gasteiger partial charge in [0, 0.05) is 0 Å². The molecule has 1 saturated carbocycles. The molecule has 1 atom stereocenters. The van der Waals surface area contributed by atoms with E-state index >= 15 is 0 Å². The van der Waals surface area contributed by atoms with Gasteiger partial charge in [-0.25, -0.2) is 4.39 Å². The van der Waals surface area contributed by atoms with Gasteiger partial charge in [-0.1, -0.05) is 0 Å². The highest BCUT2D eigenvalue weighted by Gasteiger charge is 2.58. The van der Waals surface area contributed by atoms with E-state index in [-0.39, 0.29) is 5.60 Å². The molecule has 1 aliphatic heterocycles. The van der Waals surface area contributed by atoms with Crippen LogP contribution in [0.15, 0.2) is 0 Å². The number of ether oxygens (including phenoxy) is 1. The quantitative estimate of drug-likeness (QED) is 0.441. The van der Waals surface area contributed by atoms with Crippen LogP contribution >= 0.6 is 0 Å². The van der Waals surface area contributed by atoms with Gasteiger partial charge in [-0.15, -0.1) is 0 Å². The van der Waals surface area contributed by atoms with E-state index in [2.05, 4.69) is 0 Å². The van der Waals surface area contributed by atoms with Gasteiger partial charge in [0.1, 0.15) is 5.60 Å². The predicted molar refractivity (Wildman–Crippen MR) is 22.8 cm³/mol. The van der Waals surface area contributed by atoms with Gasteiger partial charge in [0.25, 0.3) is 0 Å². The van der Waals surface area contributed by atoms with Crippen LogP contribution in [0.25, 0.3) is 0 Å². The van der Waals surface area contributed by atoms with Crippen molar-refractivity contribution < 1.29 is 9.13 Å². The van der Waals surface area contributed by atoms with Crippen LogP contribution in [0.3, 0.4) is 0 Å². The number of hydrogen-bond donors (Lipinski definition) is 0. The van der Waals surface area contributed by atoms with Crippen LogP contribution < -0.4 is 0 Å². The van der Waals surface area contributed by atoms with Crippen molar-refractivity contribution in [2.45, 2.75) is 24.6 Å². The summed E-state index contributed by atoms with van der Waals surface area (Å²) in [6, 6.07) is 0. The van der Waals surface area contributed by atoms with Gasteiger partial charge in [0.05, 0.1) is 6.61 Å². The van der Waals surface area contributed by atoms with E-state index in [0.717, 1.165) is 12.8 Å². The van der Waals surface area contributed by atoms with Gasteiger partial charge in [-0.2, -0.15) is 0 Å². The minimum Gasteiger partial charge on any atom is -0.369 e. The zero-order chi connectivity index (χ0) is 4.91. The lowest BCUT2D eigenvalue weighted by Crippen LogP contribution is -2.43. The van der Waals surface area contributed by atoms with Crippen LogP contribution in [0.5, 0.6) is 0 Å². The predicted octanol–water partition coefficient (Wildman–Crippen LogP) is 0.887. The van der Waals surface area contributed by atoms with E-state index in [4.69, 9.17) is 4.74 Å². The molecule has 0 aromatic heterocycles. The Balaban J connectivity index is 2.09. The number of rotatable bonds is 0. The fraction of sp³-hybridized carbons (Fsp3) is 1.00. The average Bonchev–Trinajstić information content (AvgIpc) is 2.40. The van der Waals surface area contributed by atoms with Crippen molar-refractivity contribution in [2.75, 3.05) is 6.61 Å². The Bertz CT molecular complexity index is 98.3. The van der Waals surface area contributed by atoms with Crippen molar-refractivity contribution in [2.24, 2.45) is 0 Å². The summed E-state index contributed by atoms with van der Waals surface area (Å²) in [4.78, 5) is 0. The lowest BCUT2D eigenvalue weighted by Gasteiger charge is -2.30. The normalized spacial score (nSPS) is 43.3. The van der Waals surface area contributed by atoms with Crippen molar-refractivity contribution in [3.05, 3.63) is 0 Å². The van der Waals surface area contributed by atoms with Gasteiger partial charge < -0.3 is 4.74 Å². The minimum absolute atomic E-state index is 0.236. The van der Waals surface area contributed by atoms with Crippen molar-refractivity contribution in [1.82, 2.24) is 0 Å². The summed E-state index contributed by atoms with van der Waals surface area (Å²) in [5.74, 6) is 0. The molecule has 2 aliphatic rings. The van der Waals surface area contributed by atoms with Crippen LogP contribution in [-0.4, -0.2) is 18.4 Å². The first-order valence-corrected chi connectivity index (χ1v) is 2.62. The zero-order valence-corrected chi connectivity index (χ0v) is 3.98. The Kier molecular flexibility index (Phi) is 0.465. The molecule has 1 heterocycles.